The predicted octanol–water partition coefficient (Wildman–Crippen LogP) is -2.05. The number of nitrogens with zero attached hydrogens (tertiary/aromatic N) is 1. The number of aromatic carboxylic acids is 2. The van der Waals surface area contributed by atoms with Crippen molar-refractivity contribution in [2.45, 2.75) is 31.1 Å². The van der Waals surface area contributed by atoms with E-state index in [2.05, 4.69) is 40.9 Å². The summed E-state index contributed by atoms with van der Waals surface area (Å²) in [6.45, 7) is -2.12. The molecule has 1 aliphatic rings. The zero-order chi connectivity index (χ0) is 51.1. The second kappa shape index (κ2) is 25.1. The largest absolute Gasteiger partial charge is 0.490 e. The molecule has 33 heteroatoms. The molecule has 0 spiro atoms. The molecular weight excluding hydrogens is 993 g/mol. The van der Waals surface area contributed by atoms with Gasteiger partial charge in [0.15, 0.2) is 0 Å². The van der Waals surface area contributed by atoms with Gasteiger partial charge in [-0.3, -0.25) is 33.3 Å². The number of hydrogen-bond acceptors (Lipinski definition) is 19. The van der Waals surface area contributed by atoms with Gasteiger partial charge in [0, 0.05) is 36.8 Å². The highest BCUT2D eigenvalue weighted by atomic mass is 31.3. The zero-order valence-electron chi connectivity index (χ0n) is 35.2. The summed E-state index contributed by atoms with van der Waals surface area (Å²) in [6, 6.07) is 8.97. The minimum atomic E-state index is -5.81. The number of nitrogens with one attached hydrogen (secondary N) is 4. The van der Waals surface area contributed by atoms with Crippen LogP contribution in [0.25, 0.3) is 0 Å². The van der Waals surface area contributed by atoms with Gasteiger partial charge in [0.25, 0.3) is 17.4 Å². The smallest absolute Gasteiger partial charge is 0.489 e. The molecule has 2 aromatic carbocycles. The lowest BCUT2D eigenvalue weighted by atomic mass is 10.1. The van der Waals surface area contributed by atoms with Crippen LogP contribution in [0.15, 0.2) is 58.3 Å². The molecule has 0 bridgehead atoms. The van der Waals surface area contributed by atoms with Crippen LogP contribution in [0, 0.1) is 11.8 Å². The number of amides is 3. The van der Waals surface area contributed by atoms with E-state index in [4.69, 9.17) is 34.5 Å². The lowest BCUT2D eigenvalue weighted by Gasteiger charge is -2.19. The van der Waals surface area contributed by atoms with Crippen LogP contribution in [0.2, 0.25) is 0 Å². The van der Waals surface area contributed by atoms with E-state index in [9.17, 15) is 72.4 Å². The van der Waals surface area contributed by atoms with E-state index >= 15 is 0 Å². The summed E-state index contributed by atoms with van der Waals surface area (Å²) in [7, 11) is -17.0. The van der Waals surface area contributed by atoms with Crippen molar-refractivity contribution in [3.63, 3.8) is 0 Å². The highest BCUT2D eigenvalue weighted by Gasteiger charge is 2.43. The molecule has 3 unspecified atom stereocenters. The third-order valence-electron chi connectivity index (χ3n) is 8.59. The number of phosphoric acid groups is 3. The van der Waals surface area contributed by atoms with Crippen LogP contribution < -0.4 is 37.7 Å². The maximum Gasteiger partial charge on any atom is 0.490 e. The molecule has 3 aromatic rings. The molecule has 13 N–H and O–H groups in total. The SMILES string of the molecule is NC(COc1cccc(C(=O)NCCNC(=O)c2cc(C(=O)O)cc(C(=O)O)c2)c1)OCCOCC(=O)NCC#Cc1cn([C@H]2C[C@H](O)[C@@H](COP(=O)(O)OP(=O)(O)OP(=O)(O)O)O2)c(=O)[nH]c1=O. The van der Waals surface area contributed by atoms with Gasteiger partial charge in [-0.2, -0.15) is 8.62 Å². The average molecular weight is 1040 g/mol. The normalized spacial score (nSPS) is 17.8. The Labute approximate surface area is 387 Å². The molecule has 2 heterocycles. The van der Waals surface area contributed by atoms with Crippen LogP contribution in [-0.2, 0) is 45.8 Å². The number of ether oxygens (including phenoxy) is 4. The van der Waals surface area contributed by atoms with Gasteiger partial charge in [0.1, 0.15) is 43.1 Å². The van der Waals surface area contributed by atoms with Crippen molar-refractivity contribution in [3.8, 4) is 17.6 Å². The van der Waals surface area contributed by atoms with E-state index in [0.29, 0.717) is 0 Å². The van der Waals surface area contributed by atoms with E-state index in [1.165, 1.54) is 12.1 Å². The van der Waals surface area contributed by atoms with Gasteiger partial charge >= 0.3 is 41.1 Å². The molecule has 1 fully saturated rings. The number of carboxylic acids is 2. The summed E-state index contributed by atoms with van der Waals surface area (Å²) in [5, 5.41) is 36.2. The Morgan fingerprint density at radius 3 is 2.14 bits per heavy atom. The van der Waals surface area contributed by atoms with Crippen LogP contribution in [0.5, 0.6) is 5.75 Å². The number of carbonyl (C=O) groups is 5. The lowest BCUT2D eigenvalue weighted by molar-refractivity contribution is -0.126. The summed E-state index contributed by atoms with van der Waals surface area (Å²) < 4.78 is 68.5. The molecule has 1 aromatic heterocycles. The second-order valence-corrected chi connectivity index (χ2v) is 18.2. The zero-order valence-corrected chi connectivity index (χ0v) is 37.9. The molecule has 0 saturated carbocycles. The lowest BCUT2D eigenvalue weighted by Crippen LogP contribution is -2.35. The van der Waals surface area contributed by atoms with Crippen molar-refractivity contribution in [2.24, 2.45) is 5.73 Å². The van der Waals surface area contributed by atoms with Gasteiger partial charge in [-0.25, -0.2) is 28.1 Å². The van der Waals surface area contributed by atoms with Gasteiger partial charge in [0.05, 0.1) is 43.6 Å². The molecule has 4 rings (SSSR count). The quantitative estimate of drug-likeness (QED) is 0.0188. The monoisotopic (exact) mass is 1040 g/mol. The Balaban J connectivity index is 1.12. The first-order valence-corrected chi connectivity index (χ1v) is 23.9. The van der Waals surface area contributed by atoms with E-state index < -0.39 is 102 Å². The predicted molar refractivity (Wildman–Crippen MR) is 227 cm³/mol. The fourth-order valence-electron chi connectivity index (χ4n) is 5.57. The summed E-state index contributed by atoms with van der Waals surface area (Å²) in [6.07, 6.45) is -4.61. The van der Waals surface area contributed by atoms with Crippen molar-refractivity contribution in [2.75, 3.05) is 52.7 Å². The van der Waals surface area contributed by atoms with Gasteiger partial charge in [-0.15, -0.1) is 0 Å². The topological polar surface area (TPSA) is 460 Å². The number of nitrogens with two attached hydrogens (primary N) is 1. The van der Waals surface area contributed by atoms with Crippen LogP contribution in [-0.4, -0.2) is 145 Å². The second-order valence-electron chi connectivity index (χ2n) is 13.8. The molecule has 69 heavy (non-hydrogen) atoms. The molecule has 3 amide bonds. The van der Waals surface area contributed by atoms with Crippen molar-refractivity contribution in [1.29, 1.82) is 0 Å². The van der Waals surface area contributed by atoms with Crippen LogP contribution >= 0.6 is 23.5 Å². The fraction of sp³-hybridized carbons (Fsp3) is 0.361. The average Bonchev–Trinajstić information content (AvgIpc) is 3.63. The maximum atomic E-state index is 12.7. The number of aromatic nitrogens is 2. The van der Waals surface area contributed by atoms with Crippen molar-refractivity contribution < 1.29 is 105 Å². The van der Waals surface area contributed by atoms with Crippen LogP contribution in [0.1, 0.15) is 59.6 Å². The Kier molecular flexibility index (Phi) is 20.2. The number of hydrogen-bond donors (Lipinski definition) is 12. The minimum absolute atomic E-state index is 0.0377. The Morgan fingerprint density at radius 1 is 0.870 bits per heavy atom. The highest BCUT2D eigenvalue weighted by Crippen LogP contribution is 2.66. The molecule has 0 radical (unpaired) electrons. The molecule has 0 aliphatic carbocycles. The number of carbonyl (C=O) groups excluding carboxylic acids is 3. The summed E-state index contributed by atoms with van der Waals surface area (Å²) in [5.41, 5.74) is 2.93. The summed E-state index contributed by atoms with van der Waals surface area (Å²) >= 11 is 0. The number of rotatable bonds is 25. The van der Waals surface area contributed by atoms with Crippen LogP contribution in [0.4, 0.5) is 0 Å². The summed E-state index contributed by atoms with van der Waals surface area (Å²) in [5.74, 6) is 0.498. The molecular formula is C36H43N6O24P3. The molecule has 6 atom stereocenters. The third-order valence-corrected chi connectivity index (χ3v) is 12.4. The first-order valence-electron chi connectivity index (χ1n) is 19.4. The van der Waals surface area contributed by atoms with E-state index in [1.54, 1.807) is 12.1 Å². The number of aromatic amines is 1. The number of benzene rings is 2. The van der Waals surface area contributed by atoms with Gasteiger partial charge in [0.2, 0.25) is 5.91 Å². The third kappa shape index (κ3) is 18.8. The van der Waals surface area contributed by atoms with Crippen LogP contribution in [0.3, 0.4) is 0 Å². The Hall–Kier alpha value is -5.96. The van der Waals surface area contributed by atoms with Gasteiger partial charge in [-0.05, 0) is 36.4 Å². The molecule has 376 valence electrons. The number of H-pyrrole nitrogens is 1. The van der Waals surface area contributed by atoms with Crippen molar-refractivity contribution in [3.05, 3.63) is 97.3 Å². The van der Waals surface area contributed by atoms with Gasteiger partial charge < -0.3 is 75.5 Å². The van der Waals surface area contributed by atoms with E-state index in [1.807, 2.05) is 4.98 Å². The maximum absolute atomic E-state index is 12.7. The number of aliphatic hydroxyl groups is 1. The summed E-state index contributed by atoms with van der Waals surface area (Å²) in [4.78, 5) is 123. The molecule has 30 nitrogen and oxygen atoms in total. The minimum Gasteiger partial charge on any atom is -0.489 e. The van der Waals surface area contributed by atoms with Gasteiger partial charge in [-0.1, -0.05) is 17.9 Å². The first kappa shape index (κ1) is 55.6. The number of carboxylic acid groups (broad SMARTS) is 2. The van der Waals surface area contributed by atoms with E-state index in [0.717, 1.165) is 29.0 Å². The molecule has 1 aliphatic heterocycles. The van der Waals surface area contributed by atoms with Crippen molar-refractivity contribution >= 4 is 53.1 Å². The fourth-order valence-corrected chi connectivity index (χ4v) is 8.60. The van der Waals surface area contributed by atoms with E-state index in [-0.39, 0.29) is 79.4 Å². The Bertz CT molecular complexity index is 2680. The first-order chi connectivity index (χ1) is 32.3. The highest BCUT2D eigenvalue weighted by molar-refractivity contribution is 7.66. The van der Waals surface area contributed by atoms with Crippen molar-refractivity contribution in [1.82, 2.24) is 25.5 Å². The Morgan fingerprint density at radius 2 is 1.51 bits per heavy atom. The number of phosphoric ester groups is 1. The standard InChI is InChI=1S/C36H43N6O24P3/c37-28(18-62-25-5-1-3-20(14-25)31(45)39-7-8-40-32(46)22-11-23(34(48)49)13-24(12-22)35(50)51)61-10-9-60-19-29(44)38-6-2-4-21-16-42(36(52)41-33(21)47)30-15-26(43)27(64-30)17-63-68(56,57)66-69(58,59)65-67(53,54)55/h1,3,5,11-14,16,26-28,30,43H,6-10,15,17-19,37H2,(H,38,44)(H,39,45)(H,40,46)(H,48,49)(H,50,51)(H,56,57)(H,58,59)(H,41,47,52)(H2,53,54,55)/t26-,27+,28?,30+/m0/s1. The molecule has 1 saturated heterocycles. The number of aliphatic hydroxyl groups excluding tert-OH is 1.